The molecular weight excluding hydrogens is 238 g/mol. The van der Waals surface area contributed by atoms with Gasteiger partial charge in [0.2, 0.25) is 5.92 Å². The molecule has 1 atom stereocenters. The summed E-state index contributed by atoms with van der Waals surface area (Å²) in [6, 6.07) is 0.184. The monoisotopic (exact) mass is 262 g/mol. The number of hydrogen-bond acceptors (Lipinski definition) is 3. The number of nitrogens with two attached hydrogens (primary N) is 1. The van der Waals surface area contributed by atoms with Crippen molar-refractivity contribution in [3.8, 4) is 0 Å². The van der Waals surface area contributed by atoms with E-state index in [9.17, 15) is 8.78 Å². The zero-order valence-corrected chi connectivity index (χ0v) is 10.8. The first-order chi connectivity index (χ1) is 8.61. The zero-order valence-electron chi connectivity index (χ0n) is 10.8. The lowest BCUT2D eigenvalue weighted by Crippen LogP contribution is -2.45. The molecule has 0 amide bonds. The molecule has 1 heterocycles. The SMILES string of the molecule is NNC(CC1CCOCC1)C1CCC(F)(F)CC1. The van der Waals surface area contributed by atoms with Crippen LogP contribution in [0.25, 0.3) is 0 Å². The molecule has 0 aromatic carbocycles. The second kappa shape index (κ2) is 6.26. The fourth-order valence-electron chi connectivity index (χ4n) is 3.20. The normalized spacial score (nSPS) is 28.2. The molecule has 0 bridgehead atoms. The lowest BCUT2D eigenvalue weighted by molar-refractivity contribution is -0.0511. The van der Waals surface area contributed by atoms with Crippen LogP contribution < -0.4 is 11.3 Å². The van der Waals surface area contributed by atoms with Gasteiger partial charge < -0.3 is 4.74 Å². The molecule has 1 aliphatic carbocycles. The van der Waals surface area contributed by atoms with Crippen molar-refractivity contribution in [1.82, 2.24) is 5.43 Å². The van der Waals surface area contributed by atoms with E-state index in [2.05, 4.69) is 5.43 Å². The Morgan fingerprint density at radius 2 is 1.78 bits per heavy atom. The van der Waals surface area contributed by atoms with Crippen LogP contribution in [-0.4, -0.2) is 25.2 Å². The van der Waals surface area contributed by atoms with Gasteiger partial charge in [-0.1, -0.05) is 0 Å². The topological polar surface area (TPSA) is 47.3 Å². The molecule has 1 unspecified atom stereocenters. The van der Waals surface area contributed by atoms with Gasteiger partial charge in [-0.2, -0.15) is 0 Å². The number of ether oxygens (including phenoxy) is 1. The first-order valence-electron chi connectivity index (χ1n) is 7.02. The lowest BCUT2D eigenvalue weighted by atomic mass is 9.78. The highest BCUT2D eigenvalue weighted by atomic mass is 19.3. The predicted molar refractivity (Wildman–Crippen MR) is 66.2 cm³/mol. The predicted octanol–water partition coefficient (Wildman–Crippen LogP) is 2.46. The Balaban J connectivity index is 1.81. The van der Waals surface area contributed by atoms with Crippen molar-refractivity contribution < 1.29 is 13.5 Å². The maximum atomic E-state index is 13.1. The minimum atomic E-state index is -2.45. The molecule has 2 aliphatic rings. The van der Waals surface area contributed by atoms with Gasteiger partial charge in [-0.05, 0) is 43.9 Å². The van der Waals surface area contributed by atoms with Gasteiger partial charge in [-0.3, -0.25) is 11.3 Å². The maximum absolute atomic E-state index is 13.1. The molecule has 106 valence electrons. The molecule has 1 saturated heterocycles. The number of hydrogen-bond donors (Lipinski definition) is 2. The van der Waals surface area contributed by atoms with E-state index in [0.717, 1.165) is 32.5 Å². The molecular formula is C13H24F2N2O. The Morgan fingerprint density at radius 1 is 1.17 bits per heavy atom. The Morgan fingerprint density at radius 3 is 2.33 bits per heavy atom. The Hall–Kier alpha value is -0.260. The summed E-state index contributed by atoms with van der Waals surface area (Å²) in [4.78, 5) is 0. The second-order valence-corrected chi connectivity index (χ2v) is 5.76. The third-order valence-corrected chi connectivity index (χ3v) is 4.47. The summed E-state index contributed by atoms with van der Waals surface area (Å²) in [7, 11) is 0. The van der Waals surface area contributed by atoms with Crippen LogP contribution in [0.2, 0.25) is 0 Å². The summed E-state index contributed by atoms with van der Waals surface area (Å²) in [5, 5.41) is 0. The number of alkyl halides is 2. The first-order valence-corrected chi connectivity index (χ1v) is 7.02. The van der Waals surface area contributed by atoms with E-state index in [1.165, 1.54) is 0 Å². The van der Waals surface area contributed by atoms with Gasteiger partial charge in [-0.15, -0.1) is 0 Å². The minimum Gasteiger partial charge on any atom is -0.381 e. The smallest absolute Gasteiger partial charge is 0.248 e. The molecule has 2 fully saturated rings. The lowest BCUT2D eigenvalue weighted by Gasteiger charge is -2.35. The van der Waals surface area contributed by atoms with Crippen LogP contribution in [0.4, 0.5) is 8.78 Å². The van der Waals surface area contributed by atoms with Gasteiger partial charge >= 0.3 is 0 Å². The average Bonchev–Trinajstić information content (AvgIpc) is 2.38. The van der Waals surface area contributed by atoms with E-state index in [0.29, 0.717) is 24.7 Å². The van der Waals surface area contributed by atoms with Crippen molar-refractivity contribution in [2.24, 2.45) is 17.7 Å². The van der Waals surface area contributed by atoms with Gasteiger partial charge in [-0.25, -0.2) is 8.78 Å². The summed E-state index contributed by atoms with van der Waals surface area (Å²) < 4.78 is 31.6. The highest BCUT2D eigenvalue weighted by molar-refractivity contribution is 4.85. The number of rotatable bonds is 4. The van der Waals surface area contributed by atoms with Crippen molar-refractivity contribution in [3.05, 3.63) is 0 Å². The van der Waals surface area contributed by atoms with Crippen LogP contribution in [0.15, 0.2) is 0 Å². The standard InChI is InChI=1S/C13H24F2N2O/c14-13(15)5-1-11(2-6-13)12(17-16)9-10-3-7-18-8-4-10/h10-12,17H,1-9,16H2. The molecule has 3 N–H and O–H groups in total. The van der Waals surface area contributed by atoms with Gasteiger partial charge in [0.1, 0.15) is 0 Å². The summed E-state index contributed by atoms with van der Waals surface area (Å²) in [5.74, 6) is 4.10. The molecule has 0 aromatic rings. The van der Waals surface area contributed by atoms with Gasteiger partial charge in [0, 0.05) is 32.1 Å². The van der Waals surface area contributed by atoms with E-state index >= 15 is 0 Å². The van der Waals surface area contributed by atoms with Crippen LogP contribution >= 0.6 is 0 Å². The Bertz CT molecular complexity index is 247. The van der Waals surface area contributed by atoms with Crippen LogP contribution in [0, 0.1) is 11.8 Å². The van der Waals surface area contributed by atoms with Crippen molar-refractivity contribution in [2.45, 2.75) is 56.9 Å². The molecule has 5 heteroatoms. The van der Waals surface area contributed by atoms with Crippen LogP contribution in [0.3, 0.4) is 0 Å². The van der Waals surface area contributed by atoms with Crippen molar-refractivity contribution in [2.75, 3.05) is 13.2 Å². The number of hydrazine groups is 1. The molecule has 0 radical (unpaired) electrons. The Labute approximate surface area is 107 Å². The number of nitrogens with one attached hydrogen (secondary N) is 1. The molecule has 1 saturated carbocycles. The third kappa shape index (κ3) is 3.87. The van der Waals surface area contributed by atoms with E-state index in [-0.39, 0.29) is 18.9 Å². The fraction of sp³-hybridized carbons (Fsp3) is 1.00. The quantitative estimate of drug-likeness (QED) is 0.604. The van der Waals surface area contributed by atoms with E-state index in [1.807, 2.05) is 0 Å². The number of halogens is 2. The largest absolute Gasteiger partial charge is 0.381 e. The molecule has 18 heavy (non-hydrogen) atoms. The first kappa shape index (κ1) is 14.2. The van der Waals surface area contributed by atoms with E-state index < -0.39 is 5.92 Å². The minimum absolute atomic E-state index is 0.0175. The van der Waals surface area contributed by atoms with Gasteiger partial charge in [0.25, 0.3) is 0 Å². The van der Waals surface area contributed by atoms with Crippen molar-refractivity contribution in [1.29, 1.82) is 0 Å². The van der Waals surface area contributed by atoms with Crippen LogP contribution in [0.5, 0.6) is 0 Å². The van der Waals surface area contributed by atoms with E-state index in [4.69, 9.17) is 10.6 Å². The molecule has 0 aromatic heterocycles. The second-order valence-electron chi connectivity index (χ2n) is 5.76. The fourth-order valence-corrected chi connectivity index (χ4v) is 3.20. The Kier molecular flexibility index (Phi) is 4.92. The summed E-state index contributed by atoms with van der Waals surface area (Å²) in [6.45, 7) is 1.65. The van der Waals surface area contributed by atoms with Crippen molar-refractivity contribution >= 4 is 0 Å². The molecule has 0 spiro atoms. The van der Waals surface area contributed by atoms with Crippen molar-refractivity contribution in [3.63, 3.8) is 0 Å². The highest BCUT2D eigenvalue weighted by Gasteiger charge is 2.37. The average molecular weight is 262 g/mol. The van der Waals surface area contributed by atoms with E-state index in [1.54, 1.807) is 0 Å². The zero-order chi connectivity index (χ0) is 13.0. The summed E-state index contributed by atoms with van der Waals surface area (Å²) in [5.41, 5.74) is 2.86. The summed E-state index contributed by atoms with van der Waals surface area (Å²) >= 11 is 0. The van der Waals surface area contributed by atoms with Gasteiger partial charge in [0.15, 0.2) is 0 Å². The summed E-state index contributed by atoms with van der Waals surface area (Å²) in [6.07, 6.45) is 4.35. The molecule has 1 aliphatic heterocycles. The van der Waals surface area contributed by atoms with Crippen LogP contribution in [0.1, 0.15) is 44.9 Å². The van der Waals surface area contributed by atoms with Gasteiger partial charge in [0.05, 0.1) is 0 Å². The maximum Gasteiger partial charge on any atom is 0.248 e. The molecule has 3 nitrogen and oxygen atoms in total. The van der Waals surface area contributed by atoms with Crippen LogP contribution in [-0.2, 0) is 4.74 Å². The molecule has 2 rings (SSSR count). The third-order valence-electron chi connectivity index (χ3n) is 4.47. The highest BCUT2D eigenvalue weighted by Crippen LogP contribution is 2.38.